The van der Waals surface area contributed by atoms with Gasteiger partial charge in [-0.15, -0.1) is 0 Å². The molecule has 1 atom stereocenters. The van der Waals surface area contributed by atoms with Crippen molar-refractivity contribution in [2.45, 2.75) is 62.2 Å². The van der Waals surface area contributed by atoms with E-state index in [1.807, 2.05) is 15.9 Å². The second-order valence-corrected chi connectivity index (χ2v) is 15.0. The van der Waals surface area contributed by atoms with Gasteiger partial charge in [0.05, 0.1) is 47.5 Å². The number of aromatic nitrogens is 4. The van der Waals surface area contributed by atoms with Gasteiger partial charge in [-0.05, 0) is 81.3 Å². The number of aliphatic hydroxyl groups is 1. The maximum Gasteiger partial charge on any atom is 0.236 e. The Kier molecular flexibility index (Phi) is 9.35. The molecule has 14 heteroatoms. The van der Waals surface area contributed by atoms with Crippen LogP contribution in [0.15, 0.2) is 53.6 Å². The Labute approximate surface area is 274 Å². The molecule has 2 fully saturated rings. The molecule has 0 radical (unpaired) electrons. The van der Waals surface area contributed by atoms with Crippen LogP contribution in [0.5, 0.6) is 5.75 Å². The number of benzene rings is 2. The first-order chi connectivity index (χ1) is 22.5. The number of ether oxygens (including phenoxy) is 1. The summed E-state index contributed by atoms with van der Waals surface area (Å²) >= 11 is 0. The van der Waals surface area contributed by atoms with Crippen LogP contribution in [-0.2, 0) is 14.6 Å². The quantitative estimate of drug-likeness (QED) is 0.227. The van der Waals surface area contributed by atoms with Crippen molar-refractivity contribution in [2.75, 3.05) is 50.5 Å². The van der Waals surface area contributed by atoms with Gasteiger partial charge in [0.15, 0.2) is 15.5 Å². The second-order valence-electron chi connectivity index (χ2n) is 12.6. The van der Waals surface area contributed by atoms with Crippen molar-refractivity contribution < 1.29 is 23.1 Å². The molecule has 2 saturated heterocycles. The number of rotatable bonds is 10. The third-order valence-corrected chi connectivity index (χ3v) is 11.3. The highest BCUT2D eigenvalue weighted by atomic mass is 32.2. The molecule has 2 aromatic carbocycles. The summed E-state index contributed by atoms with van der Waals surface area (Å²) < 4.78 is 33.5. The van der Waals surface area contributed by atoms with Gasteiger partial charge in [0.25, 0.3) is 0 Å². The Morgan fingerprint density at radius 3 is 2.51 bits per heavy atom. The number of para-hydroxylation sites is 1. The predicted octanol–water partition coefficient (Wildman–Crippen LogP) is 3.88. The van der Waals surface area contributed by atoms with Crippen LogP contribution >= 0.6 is 0 Å². The molecule has 47 heavy (non-hydrogen) atoms. The summed E-state index contributed by atoms with van der Waals surface area (Å²) in [5.41, 5.74) is 3.86. The standard InChI is InChI=1S/C33H42N8O5S/c1-21(2)47(44,45)29-8-6-5-7-26(29)36-33-38-32(37-30-9-13-34-41(30)33)35-27-17-22(3)25(18-28(27)46-4)23-10-15-40(16-11-23)31(43)20-39-14-12-24(42)19-39/h5-9,13,17-18,21,23-24,42H,10-12,14-16,19-20H2,1-4H3,(H2,35,36,37,38)/t24-/m0/s1. The van der Waals surface area contributed by atoms with Crippen LogP contribution in [0.25, 0.3) is 5.65 Å². The highest BCUT2D eigenvalue weighted by Gasteiger charge is 2.29. The van der Waals surface area contributed by atoms with Gasteiger partial charge >= 0.3 is 0 Å². The molecule has 0 saturated carbocycles. The van der Waals surface area contributed by atoms with Crippen LogP contribution in [-0.4, -0.2) is 100 Å². The molecule has 2 aliphatic heterocycles. The number of nitrogens with one attached hydrogen (secondary N) is 2. The number of piperidine rings is 1. The number of amides is 1. The van der Waals surface area contributed by atoms with Gasteiger partial charge in [-0.25, -0.2) is 8.42 Å². The van der Waals surface area contributed by atoms with Crippen LogP contribution in [0, 0.1) is 6.92 Å². The minimum absolute atomic E-state index is 0.125. The zero-order valence-corrected chi connectivity index (χ0v) is 28.0. The lowest BCUT2D eigenvalue weighted by Crippen LogP contribution is -2.43. The molecule has 250 valence electrons. The van der Waals surface area contributed by atoms with Crippen molar-refractivity contribution >= 4 is 44.7 Å². The summed E-state index contributed by atoms with van der Waals surface area (Å²) in [4.78, 5) is 26.3. The zero-order valence-electron chi connectivity index (χ0n) is 27.2. The Bertz CT molecular complexity index is 1870. The fourth-order valence-electron chi connectivity index (χ4n) is 6.37. The number of aliphatic hydroxyl groups excluding tert-OH is 1. The molecule has 3 N–H and O–H groups in total. The first kappa shape index (κ1) is 32.7. The number of likely N-dealkylation sites (tertiary alicyclic amines) is 2. The largest absolute Gasteiger partial charge is 0.495 e. The van der Waals surface area contributed by atoms with Gasteiger partial charge in [0, 0.05) is 32.2 Å². The third kappa shape index (κ3) is 6.90. The molecule has 0 unspecified atom stereocenters. The number of methoxy groups -OCH3 is 1. The lowest BCUT2D eigenvalue weighted by Gasteiger charge is -2.34. The summed E-state index contributed by atoms with van der Waals surface area (Å²) in [5.74, 6) is 1.63. The Morgan fingerprint density at radius 2 is 1.81 bits per heavy atom. The van der Waals surface area contributed by atoms with Crippen LogP contribution < -0.4 is 15.4 Å². The molecular weight excluding hydrogens is 620 g/mol. The number of hydrogen-bond donors (Lipinski definition) is 3. The summed E-state index contributed by atoms with van der Waals surface area (Å²) in [6.45, 7) is 8.45. The number of carbonyl (C=O) groups is 1. The van der Waals surface area contributed by atoms with Crippen LogP contribution in [0.3, 0.4) is 0 Å². The molecule has 13 nitrogen and oxygen atoms in total. The topological polar surface area (TPSA) is 154 Å². The molecule has 4 aromatic rings. The van der Waals surface area contributed by atoms with E-state index in [1.54, 1.807) is 57.5 Å². The first-order valence-corrected chi connectivity index (χ1v) is 17.5. The van der Waals surface area contributed by atoms with Gasteiger partial charge in [-0.2, -0.15) is 19.6 Å². The molecular formula is C33H42N8O5S. The number of aryl methyl sites for hydroxylation is 1. The lowest BCUT2D eigenvalue weighted by atomic mass is 9.86. The van der Waals surface area contributed by atoms with E-state index < -0.39 is 15.1 Å². The van der Waals surface area contributed by atoms with Crippen LogP contribution in [0.1, 0.15) is 50.2 Å². The normalized spacial score (nSPS) is 17.8. The average molecular weight is 663 g/mol. The lowest BCUT2D eigenvalue weighted by molar-refractivity contribution is -0.133. The minimum Gasteiger partial charge on any atom is -0.495 e. The van der Waals surface area contributed by atoms with E-state index in [1.165, 1.54) is 10.1 Å². The van der Waals surface area contributed by atoms with Crippen molar-refractivity contribution in [3.8, 4) is 5.75 Å². The van der Waals surface area contributed by atoms with Crippen molar-refractivity contribution in [1.82, 2.24) is 29.4 Å². The Hall–Kier alpha value is -4.27. The van der Waals surface area contributed by atoms with E-state index >= 15 is 0 Å². The maximum atomic E-state index is 13.1. The molecule has 0 spiro atoms. The van der Waals surface area contributed by atoms with E-state index in [4.69, 9.17) is 4.74 Å². The summed E-state index contributed by atoms with van der Waals surface area (Å²) in [7, 11) is -1.94. The number of hydrogen-bond acceptors (Lipinski definition) is 11. The van der Waals surface area contributed by atoms with Crippen molar-refractivity contribution in [2.24, 2.45) is 0 Å². The molecule has 0 aliphatic carbocycles. The average Bonchev–Trinajstić information content (AvgIpc) is 3.70. The van der Waals surface area contributed by atoms with Crippen molar-refractivity contribution in [3.63, 3.8) is 0 Å². The van der Waals surface area contributed by atoms with Crippen molar-refractivity contribution in [3.05, 3.63) is 59.8 Å². The summed E-state index contributed by atoms with van der Waals surface area (Å²) in [6, 6.07) is 12.5. The third-order valence-electron chi connectivity index (χ3n) is 9.04. The maximum absolute atomic E-state index is 13.1. The van der Waals surface area contributed by atoms with Gasteiger partial charge in [0.1, 0.15) is 5.75 Å². The first-order valence-electron chi connectivity index (χ1n) is 16.0. The van der Waals surface area contributed by atoms with E-state index in [-0.39, 0.29) is 28.8 Å². The number of β-amino-alcohol motifs (C(OH)–C–C–N with tert-alkyl or cyclic N) is 1. The van der Waals surface area contributed by atoms with Gasteiger partial charge in [0.2, 0.25) is 17.8 Å². The van der Waals surface area contributed by atoms with Crippen molar-refractivity contribution in [1.29, 1.82) is 0 Å². The molecule has 4 heterocycles. The number of anilines is 4. The fraction of sp³-hybridized carbons (Fsp3) is 0.455. The number of carbonyl (C=O) groups excluding carboxylic acids is 1. The predicted molar refractivity (Wildman–Crippen MR) is 179 cm³/mol. The number of sulfone groups is 1. The van der Waals surface area contributed by atoms with E-state index in [9.17, 15) is 18.3 Å². The monoisotopic (exact) mass is 662 g/mol. The molecule has 2 aliphatic rings. The van der Waals surface area contributed by atoms with Gasteiger partial charge in [-0.1, -0.05) is 12.1 Å². The second kappa shape index (κ2) is 13.5. The number of fused-ring (bicyclic) bond motifs is 1. The minimum atomic E-state index is -3.57. The van der Waals surface area contributed by atoms with E-state index in [2.05, 4.69) is 38.7 Å². The highest BCUT2D eigenvalue weighted by Crippen LogP contribution is 2.38. The van der Waals surface area contributed by atoms with Crippen LogP contribution in [0.2, 0.25) is 0 Å². The van der Waals surface area contributed by atoms with Crippen LogP contribution in [0.4, 0.5) is 23.3 Å². The fourth-order valence-corrected chi connectivity index (χ4v) is 7.57. The zero-order chi connectivity index (χ0) is 33.3. The van der Waals surface area contributed by atoms with Gasteiger partial charge in [-0.3, -0.25) is 9.69 Å². The Balaban J connectivity index is 1.20. The highest BCUT2D eigenvalue weighted by molar-refractivity contribution is 7.92. The summed E-state index contributed by atoms with van der Waals surface area (Å²) in [6.07, 6.45) is 3.71. The Morgan fingerprint density at radius 1 is 1.04 bits per heavy atom. The molecule has 0 bridgehead atoms. The molecule has 1 amide bonds. The summed E-state index contributed by atoms with van der Waals surface area (Å²) in [5, 5.41) is 20.0. The van der Waals surface area contributed by atoms with E-state index in [0.29, 0.717) is 54.9 Å². The van der Waals surface area contributed by atoms with Gasteiger partial charge < -0.3 is 25.4 Å². The molecule has 6 rings (SSSR count). The number of nitrogens with zero attached hydrogens (tertiary/aromatic N) is 6. The molecule has 2 aromatic heterocycles. The smallest absolute Gasteiger partial charge is 0.236 e. The van der Waals surface area contributed by atoms with E-state index in [0.717, 1.165) is 31.4 Å². The SMILES string of the molecule is COc1cc(C2CCN(C(=O)CN3CC[C@H](O)C3)CC2)c(C)cc1Nc1nc(Nc2ccccc2S(=O)(=O)C(C)C)n2nccc2n1.